The fraction of sp³-hybridized carbons (Fsp3) is 0. The predicted molar refractivity (Wildman–Crippen MR) is 23.2 cm³/mol. The van der Waals surface area contributed by atoms with E-state index in [0.717, 1.165) is 0 Å². The molecule has 0 unspecified atom stereocenters. The highest BCUT2D eigenvalue weighted by molar-refractivity contribution is 9.47. The largest absolute Gasteiger partial charge is 0.217 e. The average Bonchev–Trinajstić information content (AvgIpc) is 0.722. The van der Waals surface area contributed by atoms with Gasteiger partial charge in [0.2, 0.25) is 8.27 Å². The van der Waals surface area contributed by atoms with Crippen LogP contribution in [0.5, 0.6) is 0 Å². The molecule has 4 heteroatoms. The monoisotopic (exact) mass is 157 g/mol. The molecule has 0 aromatic heterocycles. The molecule has 2 nitrogen and oxygen atoms in total. The van der Waals surface area contributed by atoms with Gasteiger partial charge in [-0.1, -0.05) is 0 Å². The lowest BCUT2D eigenvalue weighted by molar-refractivity contribution is 0.619. The summed E-state index contributed by atoms with van der Waals surface area (Å²) in [6.45, 7) is 0. The van der Waals surface area contributed by atoms with Crippen LogP contribution in [0, 0.1) is 6.26 Å². The van der Waals surface area contributed by atoms with E-state index in [1.165, 1.54) is 0 Å². The molecule has 0 aromatic carbocycles. The Balaban J connectivity index is 4.06. The van der Waals surface area contributed by atoms with Gasteiger partial charge in [-0.15, -0.1) is 0 Å². The fourth-order valence-electron chi connectivity index (χ4n) is 0. The Labute approximate surface area is 38.3 Å². The lowest BCUT2D eigenvalue weighted by atomic mass is 12.0. The van der Waals surface area contributed by atoms with Gasteiger partial charge in [0.15, 0.2) is 0 Å². The molecule has 0 saturated heterocycles. The second kappa shape index (κ2) is 1.26. The van der Waals surface area contributed by atoms with Crippen LogP contribution in [-0.4, -0.2) is 8.42 Å². The van der Waals surface area contributed by atoms with Crippen LogP contribution in [0.15, 0.2) is 0 Å². The second-order valence-electron chi connectivity index (χ2n) is 0.539. The first kappa shape index (κ1) is 5.43. The van der Waals surface area contributed by atoms with E-state index in [1.807, 2.05) is 0 Å². The summed E-state index contributed by atoms with van der Waals surface area (Å²) in [4.78, 5) is 0. The molecule has 0 aromatic rings. The van der Waals surface area contributed by atoms with E-state index < -0.39 is 8.27 Å². The van der Waals surface area contributed by atoms with E-state index in [-0.39, 0.29) is 0 Å². The van der Waals surface area contributed by atoms with Gasteiger partial charge in [0, 0.05) is 0 Å². The average molecular weight is 158 g/mol. The van der Waals surface area contributed by atoms with E-state index in [0.29, 0.717) is 0 Å². The van der Waals surface area contributed by atoms with Gasteiger partial charge in [0.25, 0.3) is 0 Å². The molecule has 31 valence electrons. The molecular weight excluding hydrogens is 156 g/mol. The molecule has 0 heterocycles. The molecular formula is CH2BrO2S. The van der Waals surface area contributed by atoms with Crippen molar-refractivity contribution in [3.8, 4) is 0 Å². The zero-order valence-electron chi connectivity index (χ0n) is 2.31. The third-order valence-corrected chi connectivity index (χ3v) is 0. The number of rotatable bonds is 0. The van der Waals surface area contributed by atoms with Crippen LogP contribution in [0.1, 0.15) is 0 Å². The molecule has 0 aliphatic heterocycles. The third kappa shape index (κ3) is 141. The predicted octanol–water partition coefficient (Wildman–Crippen LogP) is 0.503. The quantitative estimate of drug-likeness (QED) is 0.481. The van der Waals surface area contributed by atoms with E-state index in [2.05, 4.69) is 21.1 Å². The SMILES string of the molecule is [CH2]S(=O)(=O)Br. The molecule has 1 radical (unpaired) electrons. The lowest BCUT2D eigenvalue weighted by Crippen LogP contribution is -1.69. The molecule has 0 saturated carbocycles. The summed E-state index contributed by atoms with van der Waals surface area (Å²) in [7, 11) is -3.10. The van der Waals surface area contributed by atoms with Crippen LogP contribution in [0.2, 0.25) is 0 Å². The minimum Gasteiger partial charge on any atom is -0.217 e. The van der Waals surface area contributed by atoms with Crippen molar-refractivity contribution in [3.63, 3.8) is 0 Å². The molecule has 0 fully saturated rings. The molecule has 0 bridgehead atoms. The zero-order chi connectivity index (χ0) is 4.50. The van der Waals surface area contributed by atoms with Gasteiger partial charge in [-0.3, -0.25) is 0 Å². The standard InChI is InChI=1S/CH2BrO2S/c1-5(2,3)4/h1H2. The summed E-state index contributed by atoms with van der Waals surface area (Å²) in [5.74, 6) is 0. The highest BCUT2D eigenvalue weighted by Gasteiger charge is 1.83. The summed E-state index contributed by atoms with van der Waals surface area (Å²) < 4.78 is 18.9. The molecule has 0 spiro atoms. The van der Waals surface area contributed by atoms with Crippen LogP contribution in [0.4, 0.5) is 0 Å². The van der Waals surface area contributed by atoms with Crippen LogP contribution in [0.25, 0.3) is 0 Å². The van der Waals surface area contributed by atoms with E-state index >= 15 is 0 Å². The summed E-state index contributed by atoms with van der Waals surface area (Å²) >= 11 is 2.24. The van der Waals surface area contributed by atoms with Crippen LogP contribution in [0.3, 0.4) is 0 Å². The van der Waals surface area contributed by atoms with E-state index in [4.69, 9.17) is 0 Å². The molecule has 0 amide bonds. The summed E-state index contributed by atoms with van der Waals surface area (Å²) in [6.07, 6.45) is 2.66. The summed E-state index contributed by atoms with van der Waals surface area (Å²) in [6, 6.07) is 0. The summed E-state index contributed by atoms with van der Waals surface area (Å²) in [5, 5.41) is 0. The van der Waals surface area contributed by atoms with Gasteiger partial charge in [-0.2, -0.15) is 0 Å². The zero-order valence-corrected chi connectivity index (χ0v) is 4.71. The van der Waals surface area contributed by atoms with Crippen molar-refractivity contribution in [2.45, 2.75) is 0 Å². The van der Waals surface area contributed by atoms with Crippen LogP contribution >= 0.6 is 14.8 Å². The topological polar surface area (TPSA) is 34.1 Å². The lowest BCUT2D eigenvalue weighted by Gasteiger charge is -1.65. The first-order valence-electron chi connectivity index (χ1n) is 0.776. The maximum absolute atomic E-state index is 9.44. The summed E-state index contributed by atoms with van der Waals surface area (Å²) in [5.41, 5.74) is 0. The Morgan fingerprint density at radius 3 is 1.60 bits per heavy atom. The Kier molecular flexibility index (Phi) is 1.37. The smallest absolute Gasteiger partial charge is 0.210 e. The van der Waals surface area contributed by atoms with Gasteiger partial charge in [0.05, 0.1) is 21.1 Å². The Morgan fingerprint density at radius 1 is 1.60 bits per heavy atom. The molecule has 0 atom stereocenters. The van der Waals surface area contributed by atoms with Crippen molar-refractivity contribution in [3.05, 3.63) is 6.26 Å². The number of hydrogen-bond donors (Lipinski definition) is 0. The fourth-order valence-corrected chi connectivity index (χ4v) is 0. The maximum atomic E-state index is 9.44. The number of hydrogen-bond acceptors (Lipinski definition) is 2. The Hall–Kier alpha value is 0.430. The molecule has 0 aliphatic rings. The van der Waals surface area contributed by atoms with Crippen LogP contribution in [-0.2, 0) is 8.27 Å². The Bertz CT molecular complexity index is 92.8. The number of halogens is 1. The molecule has 0 aliphatic carbocycles. The first-order chi connectivity index (χ1) is 2.00. The van der Waals surface area contributed by atoms with Gasteiger partial charge in [-0.25, -0.2) is 8.42 Å². The first-order valence-corrected chi connectivity index (χ1v) is 4.27. The highest BCUT2D eigenvalue weighted by Crippen LogP contribution is 1.92. The van der Waals surface area contributed by atoms with Gasteiger partial charge in [0.1, 0.15) is 0 Å². The maximum Gasteiger partial charge on any atom is 0.210 e. The Morgan fingerprint density at radius 2 is 1.60 bits per heavy atom. The van der Waals surface area contributed by atoms with Crippen molar-refractivity contribution in [2.24, 2.45) is 0 Å². The van der Waals surface area contributed by atoms with Gasteiger partial charge < -0.3 is 0 Å². The molecule has 0 N–H and O–H groups in total. The second-order valence-corrected chi connectivity index (χ2v) is 4.58. The van der Waals surface area contributed by atoms with Gasteiger partial charge in [-0.05, 0) is 0 Å². The van der Waals surface area contributed by atoms with Crippen molar-refractivity contribution >= 4 is 23.1 Å². The minimum atomic E-state index is -3.10. The molecule has 0 rings (SSSR count). The van der Waals surface area contributed by atoms with Crippen LogP contribution < -0.4 is 0 Å². The van der Waals surface area contributed by atoms with Crippen molar-refractivity contribution in [1.82, 2.24) is 0 Å². The van der Waals surface area contributed by atoms with Gasteiger partial charge >= 0.3 is 0 Å². The van der Waals surface area contributed by atoms with Crippen molar-refractivity contribution in [2.75, 3.05) is 0 Å². The third-order valence-electron chi connectivity index (χ3n) is 0. The molecule has 5 heavy (non-hydrogen) atoms. The van der Waals surface area contributed by atoms with E-state index in [1.54, 1.807) is 0 Å². The highest BCUT2D eigenvalue weighted by atomic mass is 79.9. The minimum absolute atomic E-state index is 2.24. The van der Waals surface area contributed by atoms with Crippen molar-refractivity contribution < 1.29 is 8.42 Å². The van der Waals surface area contributed by atoms with E-state index in [9.17, 15) is 8.42 Å². The normalized spacial score (nSPS) is 11.6. The van der Waals surface area contributed by atoms with Crippen molar-refractivity contribution in [1.29, 1.82) is 0 Å².